The van der Waals surface area contributed by atoms with Crippen LogP contribution in [-0.4, -0.2) is 22.8 Å². The SMILES string of the molecule is CC(=O)SC1CC(=O)N(c2cc(Br)ccc2I)C1. The van der Waals surface area contributed by atoms with Crippen molar-refractivity contribution in [2.45, 2.75) is 18.6 Å². The van der Waals surface area contributed by atoms with Gasteiger partial charge in [0.05, 0.1) is 5.69 Å². The van der Waals surface area contributed by atoms with Crippen LogP contribution >= 0.6 is 50.3 Å². The summed E-state index contributed by atoms with van der Waals surface area (Å²) in [5, 5.41) is 0.142. The molecule has 0 aliphatic carbocycles. The highest BCUT2D eigenvalue weighted by Gasteiger charge is 2.32. The van der Waals surface area contributed by atoms with Crippen molar-refractivity contribution >= 4 is 67.0 Å². The van der Waals surface area contributed by atoms with Crippen molar-refractivity contribution in [1.82, 2.24) is 0 Å². The number of benzene rings is 1. The number of hydrogen-bond acceptors (Lipinski definition) is 3. The predicted octanol–water partition coefficient (Wildman–Crippen LogP) is 3.44. The van der Waals surface area contributed by atoms with Crippen LogP contribution in [0.3, 0.4) is 0 Å². The molecule has 2 rings (SSSR count). The molecule has 1 aliphatic heterocycles. The lowest BCUT2D eigenvalue weighted by Gasteiger charge is -2.18. The third kappa shape index (κ3) is 3.27. The van der Waals surface area contributed by atoms with Gasteiger partial charge in [-0.3, -0.25) is 9.59 Å². The van der Waals surface area contributed by atoms with E-state index >= 15 is 0 Å². The number of anilines is 1. The number of hydrogen-bond donors (Lipinski definition) is 0. The van der Waals surface area contributed by atoms with Gasteiger partial charge in [0, 0.05) is 33.2 Å². The molecule has 1 heterocycles. The number of thioether (sulfide) groups is 1. The summed E-state index contributed by atoms with van der Waals surface area (Å²) >= 11 is 6.90. The van der Waals surface area contributed by atoms with E-state index in [-0.39, 0.29) is 16.3 Å². The zero-order chi connectivity index (χ0) is 13.3. The average molecular weight is 440 g/mol. The van der Waals surface area contributed by atoms with Crippen LogP contribution in [0.25, 0.3) is 0 Å². The molecule has 0 bridgehead atoms. The Bertz CT molecular complexity index is 509. The van der Waals surface area contributed by atoms with Gasteiger partial charge in [0.1, 0.15) is 0 Å². The molecule has 0 spiro atoms. The molecule has 0 N–H and O–H groups in total. The highest BCUT2D eigenvalue weighted by molar-refractivity contribution is 14.1. The van der Waals surface area contributed by atoms with Gasteiger partial charge in [-0.2, -0.15) is 0 Å². The Morgan fingerprint density at radius 3 is 2.94 bits per heavy atom. The van der Waals surface area contributed by atoms with Crippen molar-refractivity contribution < 1.29 is 9.59 Å². The summed E-state index contributed by atoms with van der Waals surface area (Å²) in [7, 11) is 0. The van der Waals surface area contributed by atoms with Crippen LogP contribution in [0, 0.1) is 3.57 Å². The Morgan fingerprint density at radius 2 is 2.28 bits per heavy atom. The summed E-state index contributed by atoms with van der Waals surface area (Å²) in [6, 6.07) is 5.87. The van der Waals surface area contributed by atoms with E-state index in [4.69, 9.17) is 0 Å². The van der Waals surface area contributed by atoms with Crippen LogP contribution in [0.15, 0.2) is 22.7 Å². The third-order valence-corrected chi connectivity index (χ3v) is 5.01. The predicted molar refractivity (Wildman–Crippen MR) is 85.9 cm³/mol. The molecule has 1 atom stereocenters. The Morgan fingerprint density at radius 1 is 1.56 bits per heavy atom. The quantitative estimate of drug-likeness (QED) is 0.662. The minimum atomic E-state index is 0.0681. The maximum Gasteiger partial charge on any atom is 0.228 e. The van der Waals surface area contributed by atoms with Crippen LogP contribution in [0.4, 0.5) is 5.69 Å². The largest absolute Gasteiger partial charge is 0.310 e. The Balaban J connectivity index is 2.21. The highest BCUT2D eigenvalue weighted by Crippen LogP contribution is 2.33. The molecule has 18 heavy (non-hydrogen) atoms. The van der Waals surface area contributed by atoms with Gasteiger partial charge in [0.2, 0.25) is 5.91 Å². The Labute approximate surface area is 132 Å². The molecule has 3 nitrogen and oxygen atoms in total. The van der Waals surface area contributed by atoms with Crippen LogP contribution < -0.4 is 4.90 Å². The molecule has 6 heteroatoms. The maximum atomic E-state index is 12.0. The van der Waals surface area contributed by atoms with Crippen molar-refractivity contribution in [2.75, 3.05) is 11.4 Å². The first-order valence-corrected chi connectivity index (χ1v) is 8.15. The first-order chi connectivity index (χ1) is 8.47. The minimum Gasteiger partial charge on any atom is -0.310 e. The van der Waals surface area contributed by atoms with Crippen LogP contribution in [0.1, 0.15) is 13.3 Å². The van der Waals surface area contributed by atoms with Crippen molar-refractivity contribution in [2.24, 2.45) is 0 Å². The molecule has 0 saturated carbocycles. The summed E-state index contributed by atoms with van der Waals surface area (Å²) in [5.41, 5.74) is 0.918. The van der Waals surface area contributed by atoms with Gasteiger partial charge in [0.15, 0.2) is 5.12 Å². The smallest absolute Gasteiger partial charge is 0.228 e. The van der Waals surface area contributed by atoms with Crippen LogP contribution in [0.2, 0.25) is 0 Å². The van der Waals surface area contributed by atoms with Gasteiger partial charge < -0.3 is 4.90 Å². The molecular weight excluding hydrogens is 429 g/mol. The summed E-state index contributed by atoms with van der Waals surface area (Å²) in [4.78, 5) is 24.9. The van der Waals surface area contributed by atoms with E-state index in [0.29, 0.717) is 13.0 Å². The average Bonchev–Trinajstić information content (AvgIpc) is 2.62. The normalized spacial score (nSPS) is 19.4. The lowest BCUT2D eigenvalue weighted by molar-refractivity contribution is -0.117. The van der Waals surface area contributed by atoms with Crippen molar-refractivity contribution in [3.8, 4) is 0 Å². The number of carbonyl (C=O) groups excluding carboxylic acids is 2. The topological polar surface area (TPSA) is 37.4 Å². The lowest BCUT2D eigenvalue weighted by atomic mass is 10.3. The van der Waals surface area contributed by atoms with Gasteiger partial charge in [-0.1, -0.05) is 27.7 Å². The van der Waals surface area contributed by atoms with Gasteiger partial charge in [0.25, 0.3) is 0 Å². The fourth-order valence-corrected chi connectivity index (χ4v) is 3.81. The van der Waals surface area contributed by atoms with Crippen molar-refractivity contribution in [1.29, 1.82) is 0 Å². The third-order valence-electron chi connectivity index (χ3n) is 2.62. The highest BCUT2D eigenvalue weighted by atomic mass is 127. The lowest BCUT2D eigenvalue weighted by Crippen LogP contribution is -2.25. The Hall–Kier alpha value is -0.0800. The molecule has 1 aromatic rings. The van der Waals surface area contributed by atoms with Crippen LogP contribution in [-0.2, 0) is 9.59 Å². The molecule has 1 aromatic carbocycles. The summed E-state index contributed by atoms with van der Waals surface area (Å²) in [5.74, 6) is 0.0877. The van der Waals surface area contributed by atoms with E-state index in [9.17, 15) is 9.59 Å². The number of amides is 1. The summed E-state index contributed by atoms with van der Waals surface area (Å²) in [6.07, 6.45) is 0.437. The molecule has 1 amide bonds. The molecule has 96 valence electrons. The van der Waals surface area contributed by atoms with Gasteiger partial charge >= 0.3 is 0 Å². The summed E-state index contributed by atoms with van der Waals surface area (Å²) < 4.78 is 1.99. The van der Waals surface area contributed by atoms with E-state index in [1.54, 1.807) is 11.8 Å². The minimum absolute atomic E-state index is 0.0681. The second-order valence-corrected chi connectivity index (χ2v) is 7.59. The molecule has 0 radical (unpaired) electrons. The number of carbonyl (C=O) groups is 2. The first kappa shape index (κ1) is 14.3. The Kier molecular flexibility index (Phi) is 4.71. The van der Waals surface area contributed by atoms with E-state index in [2.05, 4.69) is 38.5 Å². The second-order valence-electron chi connectivity index (χ2n) is 4.04. The monoisotopic (exact) mass is 439 g/mol. The van der Waals surface area contributed by atoms with Gasteiger partial charge in [-0.05, 0) is 40.8 Å². The number of rotatable bonds is 2. The maximum absolute atomic E-state index is 12.0. The fourth-order valence-electron chi connectivity index (χ4n) is 1.91. The van der Waals surface area contributed by atoms with Crippen molar-refractivity contribution in [3.05, 3.63) is 26.2 Å². The van der Waals surface area contributed by atoms with Gasteiger partial charge in [-0.25, -0.2) is 0 Å². The standard InChI is InChI=1S/C12H11BrINO2S/c1-7(16)18-9-5-12(17)15(6-9)11-4-8(13)2-3-10(11)14/h2-4,9H,5-6H2,1H3. The van der Waals surface area contributed by atoms with Gasteiger partial charge in [-0.15, -0.1) is 0 Å². The van der Waals surface area contributed by atoms with Crippen LogP contribution in [0.5, 0.6) is 0 Å². The number of nitrogens with zero attached hydrogens (tertiary/aromatic N) is 1. The molecular formula is C12H11BrINO2S. The molecule has 1 unspecified atom stereocenters. The number of halogens is 2. The molecule has 1 fully saturated rings. The molecule has 1 aliphatic rings. The zero-order valence-electron chi connectivity index (χ0n) is 9.65. The summed E-state index contributed by atoms with van der Waals surface area (Å²) in [6.45, 7) is 2.15. The van der Waals surface area contributed by atoms with E-state index in [1.807, 2.05) is 18.2 Å². The fraction of sp³-hybridized carbons (Fsp3) is 0.333. The van der Waals surface area contributed by atoms with E-state index in [1.165, 1.54) is 11.8 Å². The molecule has 1 saturated heterocycles. The van der Waals surface area contributed by atoms with Crippen molar-refractivity contribution in [3.63, 3.8) is 0 Å². The molecule has 0 aromatic heterocycles. The van der Waals surface area contributed by atoms with E-state index < -0.39 is 0 Å². The second kappa shape index (κ2) is 5.92. The van der Waals surface area contributed by atoms with E-state index in [0.717, 1.165) is 13.7 Å². The zero-order valence-corrected chi connectivity index (χ0v) is 14.2. The first-order valence-electron chi connectivity index (χ1n) is 5.40.